The van der Waals surface area contributed by atoms with Crippen molar-refractivity contribution in [1.29, 1.82) is 0 Å². The van der Waals surface area contributed by atoms with Gasteiger partial charge in [-0.05, 0) is 25.5 Å². The summed E-state index contributed by atoms with van der Waals surface area (Å²) in [4.78, 5) is 46.4. The number of carbonyl (C=O) groups excluding carboxylic acids is 3. The third-order valence-corrected chi connectivity index (χ3v) is 4.40. The van der Waals surface area contributed by atoms with Crippen molar-refractivity contribution in [2.45, 2.75) is 26.3 Å². The van der Waals surface area contributed by atoms with Crippen LogP contribution in [-0.2, 0) is 22.6 Å². The van der Waals surface area contributed by atoms with E-state index in [2.05, 4.69) is 4.98 Å². The zero-order chi connectivity index (χ0) is 16.8. The van der Waals surface area contributed by atoms with Crippen LogP contribution >= 0.6 is 0 Å². The molecule has 2 aliphatic rings. The average molecular weight is 325 g/mol. The van der Waals surface area contributed by atoms with Crippen LogP contribution in [0.15, 0.2) is 30.5 Å². The number of hydrogen-bond donors (Lipinski definition) is 0. The number of hydrogen-bond acceptors (Lipinski definition) is 5. The first-order chi connectivity index (χ1) is 11.5. The molecule has 0 saturated heterocycles. The quantitative estimate of drug-likeness (QED) is 0.782. The van der Waals surface area contributed by atoms with Crippen molar-refractivity contribution < 1.29 is 19.2 Å². The van der Waals surface area contributed by atoms with E-state index < -0.39 is 23.7 Å². The van der Waals surface area contributed by atoms with Gasteiger partial charge >= 0.3 is 5.97 Å². The fourth-order valence-corrected chi connectivity index (χ4v) is 3.19. The topological polar surface area (TPSA) is 81.5 Å². The number of imidazole rings is 1. The van der Waals surface area contributed by atoms with E-state index in [1.807, 2.05) is 17.7 Å². The van der Waals surface area contributed by atoms with E-state index in [0.29, 0.717) is 24.4 Å². The molecule has 0 saturated carbocycles. The van der Waals surface area contributed by atoms with E-state index in [4.69, 9.17) is 4.84 Å². The Hall–Kier alpha value is -2.96. The molecule has 0 aliphatic carbocycles. The Morgan fingerprint density at radius 3 is 2.54 bits per heavy atom. The molecule has 0 bridgehead atoms. The zero-order valence-electron chi connectivity index (χ0n) is 13.1. The lowest BCUT2D eigenvalue weighted by Crippen LogP contribution is -2.37. The Bertz CT molecular complexity index is 835. The molecule has 2 amide bonds. The van der Waals surface area contributed by atoms with Gasteiger partial charge in [-0.2, -0.15) is 0 Å². The van der Waals surface area contributed by atoms with Crippen molar-refractivity contribution in [2.24, 2.45) is 5.92 Å². The van der Waals surface area contributed by atoms with Gasteiger partial charge in [0.25, 0.3) is 11.8 Å². The molecular formula is C17H15N3O4. The number of imide groups is 1. The minimum atomic E-state index is -0.600. The number of amides is 2. The number of aromatic nitrogens is 2. The van der Waals surface area contributed by atoms with Crippen LogP contribution in [0.4, 0.5) is 0 Å². The molecule has 1 aromatic heterocycles. The van der Waals surface area contributed by atoms with Crippen LogP contribution in [0, 0.1) is 12.8 Å². The number of benzene rings is 1. The first-order valence-electron chi connectivity index (χ1n) is 7.77. The highest BCUT2D eigenvalue weighted by Crippen LogP contribution is 2.26. The van der Waals surface area contributed by atoms with E-state index in [1.165, 1.54) is 0 Å². The molecular weight excluding hydrogens is 310 g/mol. The molecule has 1 aromatic carbocycles. The predicted molar refractivity (Wildman–Crippen MR) is 81.8 cm³/mol. The average Bonchev–Trinajstić information content (AvgIpc) is 3.07. The second-order valence-corrected chi connectivity index (χ2v) is 6.04. The lowest BCUT2D eigenvalue weighted by molar-refractivity contribution is -0.174. The highest BCUT2D eigenvalue weighted by atomic mass is 16.7. The van der Waals surface area contributed by atoms with Gasteiger partial charge in [-0.25, -0.2) is 9.78 Å². The minimum Gasteiger partial charge on any atom is -0.335 e. The molecule has 0 fully saturated rings. The monoisotopic (exact) mass is 325 g/mol. The Morgan fingerprint density at radius 1 is 1.21 bits per heavy atom. The summed E-state index contributed by atoms with van der Waals surface area (Å²) >= 11 is 0. The summed E-state index contributed by atoms with van der Waals surface area (Å²) in [5.41, 5.74) is 1.41. The summed E-state index contributed by atoms with van der Waals surface area (Å²) in [6.45, 7) is 2.56. The van der Waals surface area contributed by atoms with Crippen molar-refractivity contribution in [1.82, 2.24) is 14.6 Å². The summed E-state index contributed by atoms with van der Waals surface area (Å²) in [5, 5.41) is 0.569. The normalized spacial score (nSPS) is 19.2. The number of fused-ring (bicyclic) bond motifs is 2. The number of carbonyl (C=O) groups is 3. The van der Waals surface area contributed by atoms with Crippen LogP contribution < -0.4 is 0 Å². The van der Waals surface area contributed by atoms with Crippen LogP contribution in [-0.4, -0.2) is 32.4 Å². The van der Waals surface area contributed by atoms with Gasteiger partial charge in [0.1, 0.15) is 5.82 Å². The Morgan fingerprint density at radius 2 is 1.88 bits per heavy atom. The van der Waals surface area contributed by atoms with Gasteiger partial charge in [-0.1, -0.05) is 17.2 Å². The lowest BCUT2D eigenvalue weighted by Gasteiger charge is -2.23. The third-order valence-electron chi connectivity index (χ3n) is 4.40. The minimum absolute atomic E-state index is 0.255. The highest BCUT2D eigenvalue weighted by Gasteiger charge is 2.40. The second-order valence-electron chi connectivity index (χ2n) is 6.04. The second kappa shape index (κ2) is 5.30. The zero-order valence-corrected chi connectivity index (χ0v) is 13.1. The molecule has 1 unspecified atom stereocenters. The molecule has 2 aromatic rings. The lowest BCUT2D eigenvalue weighted by atomic mass is 9.98. The van der Waals surface area contributed by atoms with Crippen molar-refractivity contribution in [3.63, 3.8) is 0 Å². The molecule has 2 aliphatic heterocycles. The first kappa shape index (κ1) is 14.6. The maximum atomic E-state index is 12.4. The van der Waals surface area contributed by atoms with Crippen LogP contribution in [0.1, 0.15) is 38.7 Å². The summed E-state index contributed by atoms with van der Waals surface area (Å²) < 4.78 is 2.02. The van der Waals surface area contributed by atoms with Crippen LogP contribution in [0.5, 0.6) is 0 Å². The Balaban J connectivity index is 1.50. The molecule has 0 spiro atoms. The van der Waals surface area contributed by atoms with Crippen molar-refractivity contribution in [3.05, 3.63) is 53.1 Å². The molecule has 122 valence electrons. The summed E-state index contributed by atoms with van der Waals surface area (Å²) in [7, 11) is 0. The standard InChI is InChI=1S/C17H15N3O4/c1-10-9-19-7-6-11(8-14(19)18-10)17(23)24-20-15(21)12-4-2-3-5-13(12)16(20)22/h2-5,9,11H,6-8H2,1H3. The number of aryl methyl sites for hydroxylation is 2. The van der Waals surface area contributed by atoms with Crippen LogP contribution in [0.2, 0.25) is 0 Å². The summed E-state index contributed by atoms with van der Waals surface area (Å²) in [5.74, 6) is -1.36. The van der Waals surface area contributed by atoms with E-state index >= 15 is 0 Å². The largest absolute Gasteiger partial charge is 0.336 e. The molecule has 3 heterocycles. The van der Waals surface area contributed by atoms with Crippen LogP contribution in [0.25, 0.3) is 0 Å². The van der Waals surface area contributed by atoms with E-state index in [-0.39, 0.29) is 11.1 Å². The number of hydroxylamine groups is 2. The van der Waals surface area contributed by atoms with Gasteiger partial charge in [-0.3, -0.25) is 9.59 Å². The summed E-state index contributed by atoms with van der Waals surface area (Å²) in [6, 6.07) is 6.42. The maximum absolute atomic E-state index is 12.4. The molecule has 0 radical (unpaired) electrons. The predicted octanol–water partition coefficient (Wildman–Crippen LogP) is 1.51. The SMILES string of the molecule is Cc1cn2c(n1)CC(C(=O)ON1C(=O)c3ccccc3C1=O)CC2. The highest BCUT2D eigenvalue weighted by molar-refractivity contribution is 6.20. The Kier molecular flexibility index (Phi) is 3.23. The van der Waals surface area contributed by atoms with Crippen molar-refractivity contribution in [2.75, 3.05) is 0 Å². The molecule has 7 nitrogen and oxygen atoms in total. The van der Waals surface area contributed by atoms with Gasteiger partial charge in [0.05, 0.1) is 22.7 Å². The smallest absolute Gasteiger partial charge is 0.335 e. The molecule has 0 N–H and O–H groups in total. The van der Waals surface area contributed by atoms with E-state index in [1.54, 1.807) is 24.3 Å². The molecule has 4 rings (SSSR count). The van der Waals surface area contributed by atoms with Gasteiger partial charge in [0, 0.05) is 19.2 Å². The van der Waals surface area contributed by atoms with E-state index in [9.17, 15) is 14.4 Å². The number of rotatable bonds is 2. The summed E-state index contributed by atoms with van der Waals surface area (Å²) in [6.07, 6.45) is 2.97. The maximum Gasteiger partial charge on any atom is 0.336 e. The van der Waals surface area contributed by atoms with Gasteiger partial charge in [-0.15, -0.1) is 0 Å². The molecule has 7 heteroatoms. The number of nitrogens with zero attached hydrogens (tertiary/aromatic N) is 3. The fraction of sp³-hybridized carbons (Fsp3) is 0.294. The van der Waals surface area contributed by atoms with E-state index in [0.717, 1.165) is 11.5 Å². The van der Waals surface area contributed by atoms with Crippen molar-refractivity contribution in [3.8, 4) is 0 Å². The molecule has 24 heavy (non-hydrogen) atoms. The van der Waals surface area contributed by atoms with Gasteiger partial charge in [0.2, 0.25) is 0 Å². The third kappa shape index (κ3) is 2.20. The van der Waals surface area contributed by atoms with Gasteiger partial charge < -0.3 is 9.40 Å². The van der Waals surface area contributed by atoms with Gasteiger partial charge in [0.15, 0.2) is 0 Å². The van der Waals surface area contributed by atoms with Crippen LogP contribution in [0.3, 0.4) is 0 Å². The molecule has 1 atom stereocenters. The first-order valence-corrected chi connectivity index (χ1v) is 7.77. The fourth-order valence-electron chi connectivity index (χ4n) is 3.19. The van der Waals surface area contributed by atoms with Crippen molar-refractivity contribution >= 4 is 17.8 Å². The Labute approximate surface area is 137 Å².